The maximum atomic E-state index is 12.5. The highest BCUT2D eigenvalue weighted by molar-refractivity contribution is 9.10. The number of rotatable bonds is 3. The summed E-state index contributed by atoms with van der Waals surface area (Å²) in [6.45, 7) is 0. The molecule has 1 amide bonds. The largest absolute Gasteiger partial charge is 0.321 e. The normalized spacial score (nSPS) is 12.8. The van der Waals surface area contributed by atoms with Gasteiger partial charge in [0.1, 0.15) is 11.6 Å². The number of anilines is 1. The maximum absolute atomic E-state index is 12.5. The van der Waals surface area contributed by atoms with Crippen LogP contribution in [0.1, 0.15) is 16.7 Å². The number of aryl methyl sites for hydroxylation is 2. The van der Waals surface area contributed by atoms with Gasteiger partial charge in [0.15, 0.2) is 0 Å². The first-order valence-corrected chi connectivity index (χ1v) is 9.17. The molecule has 0 aliphatic heterocycles. The minimum absolute atomic E-state index is 0.0895. The third-order valence-corrected chi connectivity index (χ3v) is 5.21. The first kappa shape index (κ1) is 16.6. The van der Waals surface area contributed by atoms with Gasteiger partial charge in [0.2, 0.25) is 0 Å². The molecule has 26 heavy (non-hydrogen) atoms. The molecule has 4 rings (SSSR count). The Hall–Kier alpha value is -2.90. The number of amides is 1. The van der Waals surface area contributed by atoms with E-state index in [1.54, 1.807) is 18.2 Å². The molecule has 0 fully saturated rings. The Labute approximate surface area is 160 Å². The highest BCUT2D eigenvalue weighted by atomic mass is 79.9. The molecule has 3 nitrogen and oxygen atoms in total. The number of halogens is 1. The SMILES string of the molecule is N#C/C(=C/c1ccc2c3c(cccc13)CC2)C(=O)Nc1ccc(Br)cc1. The van der Waals surface area contributed by atoms with Crippen LogP contribution < -0.4 is 5.32 Å². The van der Waals surface area contributed by atoms with Crippen molar-refractivity contribution in [3.05, 3.63) is 81.3 Å². The summed E-state index contributed by atoms with van der Waals surface area (Å²) in [5.41, 5.74) is 4.32. The number of hydrogen-bond acceptors (Lipinski definition) is 2. The van der Waals surface area contributed by atoms with Crippen LogP contribution in [0.3, 0.4) is 0 Å². The van der Waals surface area contributed by atoms with Crippen molar-refractivity contribution < 1.29 is 4.79 Å². The molecule has 1 aliphatic rings. The second kappa shape index (κ2) is 6.78. The molecule has 0 atom stereocenters. The van der Waals surface area contributed by atoms with Crippen molar-refractivity contribution in [1.82, 2.24) is 0 Å². The topological polar surface area (TPSA) is 52.9 Å². The summed E-state index contributed by atoms with van der Waals surface area (Å²) in [4.78, 5) is 12.5. The Morgan fingerprint density at radius 3 is 2.50 bits per heavy atom. The van der Waals surface area contributed by atoms with E-state index in [1.165, 1.54) is 16.5 Å². The molecule has 126 valence electrons. The fraction of sp³-hybridized carbons (Fsp3) is 0.0909. The van der Waals surface area contributed by atoms with Crippen molar-refractivity contribution in [1.29, 1.82) is 5.26 Å². The van der Waals surface area contributed by atoms with E-state index >= 15 is 0 Å². The average Bonchev–Trinajstić information content (AvgIpc) is 3.08. The molecule has 0 bridgehead atoms. The van der Waals surface area contributed by atoms with E-state index in [-0.39, 0.29) is 5.57 Å². The zero-order valence-corrected chi connectivity index (χ0v) is 15.5. The van der Waals surface area contributed by atoms with Gasteiger partial charge in [-0.2, -0.15) is 5.26 Å². The first-order valence-electron chi connectivity index (χ1n) is 8.38. The fourth-order valence-corrected chi connectivity index (χ4v) is 3.70. The minimum Gasteiger partial charge on any atom is -0.321 e. The highest BCUT2D eigenvalue weighted by Crippen LogP contribution is 2.33. The molecular weight excluding hydrogens is 388 g/mol. The number of hydrogen-bond donors (Lipinski definition) is 1. The van der Waals surface area contributed by atoms with Crippen LogP contribution in [0.25, 0.3) is 16.8 Å². The van der Waals surface area contributed by atoms with Crippen LogP contribution in [0.5, 0.6) is 0 Å². The van der Waals surface area contributed by atoms with Gasteiger partial charge in [0.05, 0.1) is 0 Å². The van der Waals surface area contributed by atoms with E-state index < -0.39 is 5.91 Å². The summed E-state index contributed by atoms with van der Waals surface area (Å²) in [6, 6.07) is 19.6. The number of benzene rings is 3. The van der Waals surface area contributed by atoms with Crippen molar-refractivity contribution in [3.8, 4) is 6.07 Å². The van der Waals surface area contributed by atoms with Gasteiger partial charge in [-0.3, -0.25) is 4.79 Å². The quantitative estimate of drug-likeness (QED) is 0.480. The molecule has 1 aliphatic carbocycles. The number of carbonyl (C=O) groups is 1. The highest BCUT2D eigenvalue weighted by Gasteiger charge is 2.16. The average molecular weight is 403 g/mol. The Morgan fingerprint density at radius 1 is 1.04 bits per heavy atom. The van der Waals surface area contributed by atoms with Crippen LogP contribution in [-0.2, 0) is 17.6 Å². The van der Waals surface area contributed by atoms with Crippen molar-refractivity contribution in [2.24, 2.45) is 0 Å². The summed E-state index contributed by atoms with van der Waals surface area (Å²) in [7, 11) is 0. The Kier molecular flexibility index (Phi) is 4.32. The van der Waals surface area contributed by atoms with Crippen LogP contribution in [0.2, 0.25) is 0 Å². The number of carbonyl (C=O) groups excluding carboxylic acids is 1. The molecule has 0 aromatic heterocycles. The Bertz CT molecular complexity index is 1080. The van der Waals surface area contributed by atoms with Gasteiger partial charge in [0, 0.05) is 10.2 Å². The summed E-state index contributed by atoms with van der Waals surface area (Å²) in [6.07, 6.45) is 3.78. The fourth-order valence-electron chi connectivity index (χ4n) is 3.43. The lowest BCUT2D eigenvalue weighted by atomic mass is 9.98. The van der Waals surface area contributed by atoms with Crippen LogP contribution in [-0.4, -0.2) is 5.91 Å². The zero-order chi connectivity index (χ0) is 18.1. The van der Waals surface area contributed by atoms with Crippen molar-refractivity contribution in [3.63, 3.8) is 0 Å². The summed E-state index contributed by atoms with van der Waals surface area (Å²) in [5.74, 6) is -0.405. The van der Waals surface area contributed by atoms with Gasteiger partial charge < -0.3 is 5.32 Å². The molecule has 0 saturated carbocycles. The second-order valence-electron chi connectivity index (χ2n) is 6.28. The van der Waals surface area contributed by atoms with Gasteiger partial charge in [-0.05, 0) is 70.6 Å². The van der Waals surface area contributed by atoms with Crippen molar-refractivity contribution in [2.45, 2.75) is 12.8 Å². The molecule has 0 unspecified atom stereocenters. The van der Waals surface area contributed by atoms with Crippen molar-refractivity contribution >= 4 is 44.4 Å². The number of nitriles is 1. The molecule has 1 N–H and O–H groups in total. The van der Waals surface area contributed by atoms with Gasteiger partial charge >= 0.3 is 0 Å². The first-order chi connectivity index (χ1) is 12.7. The van der Waals surface area contributed by atoms with E-state index in [4.69, 9.17) is 0 Å². The lowest BCUT2D eigenvalue weighted by Gasteiger charge is -2.07. The number of nitrogens with one attached hydrogen (secondary N) is 1. The third kappa shape index (κ3) is 3.02. The second-order valence-corrected chi connectivity index (χ2v) is 7.20. The molecule has 4 heteroatoms. The van der Waals surface area contributed by atoms with Crippen LogP contribution >= 0.6 is 15.9 Å². The zero-order valence-electron chi connectivity index (χ0n) is 13.9. The lowest BCUT2D eigenvalue weighted by Crippen LogP contribution is -2.13. The molecule has 0 saturated heterocycles. The molecule has 0 heterocycles. The van der Waals surface area contributed by atoms with Gasteiger partial charge in [0.25, 0.3) is 5.91 Å². The van der Waals surface area contributed by atoms with E-state index in [2.05, 4.69) is 39.4 Å². The van der Waals surface area contributed by atoms with Gasteiger partial charge in [-0.25, -0.2) is 0 Å². The van der Waals surface area contributed by atoms with Crippen LogP contribution in [0.15, 0.2) is 64.6 Å². The Balaban J connectivity index is 1.70. The molecule has 3 aromatic rings. The van der Waals surface area contributed by atoms with E-state index in [9.17, 15) is 10.1 Å². The lowest BCUT2D eigenvalue weighted by molar-refractivity contribution is -0.112. The summed E-state index contributed by atoms with van der Waals surface area (Å²) < 4.78 is 0.930. The molecule has 3 aromatic carbocycles. The van der Waals surface area contributed by atoms with E-state index in [0.29, 0.717) is 5.69 Å². The standard InChI is InChI=1S/C22H15BrN2O/c23-18-8-10-19(11-9-18)25-22(26)17(13-24)12-16-7-6-15-5-4-14-2-1-3-20(16)21(14)15/h1-3,6-12H,4-5H2,(H,25,26)/b17-12-. The smallest absolute Gasteiger partial charge is 0.266 e. The molecule has 0 radical (unpaired) electrons. The van der Waals surface area contributed by atoms with Crippen LogP contribution in [0.4, 0.5) is 5.69 Å². The van der Waals surface area contributed by atoms with Gasteiger partial charge in [-0.1, -0.05) is 46.3 Å². The van der Waals surface area contributed by atoms with Gasteiger partial charge in [-0.15, -0.1) is 0 Å². The van der Waals surface area contributed by atoms with Crippen molar-refractivity contribution in [2.75, 3.05) is 5.32 Å². The predicted molar refractivity (Wildman–Crippen MR) is 108 cm³/mol. The monoisotopic (exact) mass is 402 g/mol. The summed E-state index contributed by atoms with van der Waals surface area (Å²) >= 11 is 3.36. The molecule has 0 spiro atoms. The summed E-state index contributed by atoms with van der Waals surface area (Å²) in [5, 5.41) is 14.6. The Morgan fingerprint density at radius 2 is 1.77 bits per heavy atom. The van der Waals surface area contributed by atoms with E-state index in [0.717, 1.165) is 28.3 Å². The van der Waals surface area contributed by atoms with E-state index in [1.807, 2.05) is 30.3 Å². The minimum atomic E-state index is -0.405. The predicted octanol–water partition coefficient (Wildman–Crippen LogP) is 5.25. The molecular formula is C22H15BrN2O. The number of nitrogens with zero attached hydrogens (tertiary/aromatic N) is 1. The third-order valence-electron chi connectivity index (χ3n) is 4.68. The van der Waals surface area contributed by atoms with Crippen LogP contribution in [0, 0.1) is 11.3 Å². The maximum Gasteiger partial charge on any atom is 0.266 e.